The molecule has 0 atom stereocenters. The Kier molecular flexibility index (Phi) is 5.73. The summed E-state index contributed by atoms with van der Waals surface area (Å²) in [7, 11) is 0. The first-order chi connectivity index (χ1) is 9.01. The van der Waals surface area contributed by atoms with Crippen LogP contribution in [-0.2, 0) is 6.42 Å². The molecule has 0 saturated heterocycles. The van der Waals surface area contributed by atoms with E-state index in [-0.39, 0.29) is 11.4 Å². The van der Waals surface area contributed by atoms with Crippen LogP contribution in [0.1, 0.15) is 55.4 Å². The van der Waals surface area contributed by atoms with Crippen LogP contribution in [0, 0.1) is 6.92 Å². The van der Waals surface area contributed by atoms with E-state index in [0.717, 1.165) is 24.2 Å². The van der Waals surface area contributed by atoms with Gasteiger partial charge in [-0.15, -0.1) is 11.6 Å². The summed E-state index contributed by atoms with van der Waals surface area (Å²) < 4.78 is 0. The van der Waals surface area contributed by atoms with Gasteiger partial charge in [-0.3, -0.25) is 4.79 Å². The first-order valence-corrected chi connectivity index (χ1v) is 7.27. The van der Waals surface area contributed by atoms with Crippen LogP contribution in [0.3, 0.4) is 0 Å². The Balaban J connectivity index is 3.03. The molecule has 0 aromatic carbocycles. The number of aromatic nitrogens is 2. The molecular weight excluding hydrogens is 262 g/mol. The first-order valence-electron chi connectivity index (χ1n) is 6.73. The van der Waals surface area contributed by atoms with E-state index in [1.807, 2.05) is 27.7 Å². The molecule has 0 aliphatic heterocycles. The summed E-state index contributed by atoms with van der Waals surface area (Å²) in [6.07, 6.45) is 2.29. The van der Waals surface area contributed by atoms with Gasteiger partial charge >= 0.3 is 0 Å². The van der Waals surface area contributed by atoms with Crippen LogP contribution >= 0.6 is 11.6 Å². The lowest BCUT2D eigenvalue weighted by Gasteiger charge is -2.30. The molecule has 5 heteroatoms. The molecule has 0 unspecified atom stereocenters. The van der Waals surface area contributed by atoms with E-state index < -0.39 is 0 Å². The molecular formula is C14H22ClN3O. The Labute approximate surface area is 120 Å². The zero-order valence-electron chi connectivity index (χ0n) is 12.1. The summed E-state index contributed by atoms with van der Waals surface area (Å²) >= 11 is 6.02. The minimum atomic E-state index is -0.346. The van der Waals surface area contributed by atoms with Gasteiger partial charge in [0.05, 0.1) is 22.5 Å². The minimum Gasteiger partial charge on any atom is -0.345 e. The smallest absolute Gasteiger partial charge is 0.253 e. The highest BCUT2D eigenvalue weighted by atomic mass is 35.5. The second kappa shape index (κ2) is 6.85. The average molecular weight is 284 g/mol. The zero-order chi connectivity index (χ0) is 14.5. The molecule has 1 aromatic rings. The largest absolute Gasteiger partial charge is 0.345 e. The highest BCUT2D eigenvalue weighted by Crippen LogP contribution is 2.18. The molecule has 19 heavy (non-hydrogen) atoms. The van der Waals surface area contributed by atoms with Crippen LogP contribution in [0.5, 0.6) is 0 Å². The SMILES string of the molecule is CCc1nnc(C)cc1C(=O)NC(CC)(CC)CCl. The van der Waals surface area contributed by atoms with Gasteiger partial charge in [-0.2, -0.15) is 10.2 Å². The Hall–Kier alpha value is -1.16. The van der Waals surface area contributed by atoms with Gasteiger partial charge in [-0.25, -0.2) is 0 Å². The van der Waals surface area contributed by atoms with Gasteiger partial charge in [0.2, 0.25) is 0 Å². The molecule has 0 bridgehead atoms. The van der Waals surface area contributed by atoms with Crippen molar-refractivity contribution < 1.29 is 4.79 Å². The van der Waals surface area contributed by atoms with Gasteiger partial charge in [0.1, 0.15) is 0 Å². The van der Waals surface area contributed by atoms with E-state index in [1.165, 1.54) is 0 Å². The Bertz CT molecular complexity index is 436. The van der Waals surface area contributed by atoms with Crippen molar-refractivity contribution in [1.82, 2.24) is 15.5 Å². The molecule has 106 valence electrons. The number of nitrogens with one attached hydrogen (secondary N) is 1. The summed E-state index contributed by atoms with van der Waals surface area (Å²) in [4.78, 5) is 12.4. The van der Waals surface area contributed by atoms with Gasteiger partial charge in [-0.05, 0) is 32.3 Å². The third-order valence-corrected chi connectivity index (χ3v) is 4.07. The second-order valence-corrected chi connectivity index (χ2v) is 5.04. The van der Waals surface area contributed by atoms with Gasteiger partial charge in [-0.1, -0.05) is 20.8 Å². The molecule has 0 spiro atoms. The van der Waals surface area contributed by atoms with Crippen LogP contribution in [0.25, 0.3) is 0 Å². The molecule has 1 aromatic heterocycles. The fourth-order valence-electron chi connectivity index (χ4n) is 1.93. The molecule has 4 nitrogen and oxygen atoms in total. The quantitative estimate of drug-likeness (QED) is 0.817. The molecule has 0 fully saturated rings. The molecule has 1 amide bonds. The maximum Gasteiger partial charge on any atom is 0.253 e. The minimum absolute atomic E-state index is 0.112. The van der Waals surface area contributed by atoms with Crippen LogP contribution in [0.15, 0.2) is 6.07 Å². The van der Waals surface area contributed by atoms with Crippen molar-refractivity contribution >= 4 is 17.5 Å². The number of amides is 1. The summed E-state index contributed by atoms with van der Waals surface area (Å²) in [6.45, 7) is 7.86. The van der Waals surface area contributed by atoms with E-state index in [0.29, 0.717) is 17.9 Å². The normalized spacial score (nSPS) is 11.4. The predicted octanol–water partition coefficient (Wildman–Crippen LogP) is 2.87. The molecule has 0 aliphatic rings. The van der Waals surface area contributed by atoms with E-state index >= 15 is 0 Å². The summed E-state index contributed by atoms with van der Waals surface area (Å²) in [6, 6.07) is 1.78. The topological polar surface area (TPSA) is 54.9 Å². The third kappa shape index (κ3) is 3.66. The van der Waals surface area contributed by atoms with Crippen LogP contribution in [0.4, 0.5) is 0 Å². The molecule has 0 radical (unpaired) electrons. The summed E-state index contributed by atoms with van der Waals surface area (Å²) in [5.74, 6) is 0.296. The van der Waals surface area contributed by atoms with E-state index in [4.69, 9.17) is 11.6 Å². The summed E-state index contributed by atoms with van der Waals surface area (Å²) in [5.41, 5.74) is 1.72. The number of aryl methyl sites for hydroxylation is 2. The highest BCUT2D eigenvalue weighted by Gasteiger charge is 2.28. The van der Waals surface area contributed by atoms with Crippen LogP contribution < -0.4 is 5.32 Å². The third-order valence-electron chi connectivity index (χ3n) is 3.56. The Morgan fingerprint density at radius 3 is 2.42 bits per heavy atom. The van der Waals surface area contributed by atoms with Gasteiger partial charge in [0, 0.05) is 5.88 Å². The number of hydrogen-bond acceptors (Lipinski definition) is 3. The number of rotatable bonds is 6. The lowest BCUT2D eigenvalue weighted by atomic mass is 9.94. The molecule has 0 aliphatic carbocycles. The molecule has 1 heterocycles. The number of carbonyl (C=O) groups excluding carboxylic acids is 1. The Morgan fingerprint density at radius 1 is 1.32 bits per heavy atom. The van der Waals surface area contributed by atoms with Crippen molar-refractivity contribution in [3.05, 3.63) is 23.0 Å². The number of nitrogens with zero attached hydrogens (tertiary/aromatic N) is 2. The van der Waals surface area contributed by atoms with Crippen molar-refractivity contribution in [2.45, 2.75) is 52.5 Å². The van der Waals surface area contributed by atoms with Crippen molar-refractivity contribution in [3.63, 3.8) is 0 Å². The number of alkyl halides is 1. The molecule has 1 rings (SSSR count). The summed E-state index contributed by atoms with van der Waals surface area (Å²) in [5, 5.41) is 11.1. The standard InChI is InChI=1S/C14H22ClN3O/c1-5-12-11(8-10(4)17-18-12)13(19)16-14(6-2,7-3)9-15/h8H,5-7,9H2,1-4H3,(H,16,19). The fraction of sp³-hybridized carbons (Fsp3) is 0.643. The lowest BCUT2D eigenvalue weighted by Crippen LogP contribution is -2.49. The average Bonchev–Trinajstić information content (AvgIpc) is 2.44. The van der Waals surface area contributed by atoms with E-state index in [2.05, 4.69) is 15.5 Å². The predicted molar refractivity (Wildman–Crippen MR) is 77.6 cm³/mol. The van der Waals surface area contributed by atoms with Gasteiger partial charge < -0.3 is 5.32 Å². The Morgan fingerprint density at radius 2 is 1.95 bits per heavy atom. The van der Waals surface area contributed by atoms with Crippen molar-refractivity contribution in [3.8, 4) is 0 Å². The number of carbonyl (C=O) groups is 1. The second-order valence-electron chi connectivity index (χ2n) is 4.77. The number of halogens is 1. The molecule has 0 saturated carbocycles. The van der Waals surface area contributed by atoms with E-state index in [1.54, 1.807) is 6.07 Å². The van der Waals surface area contributed by atoms with Gasteiger partial charge in [0.15, 0.2) is 0 Å². The fourth-order valence-corrected chi connectivity index (χ4v) is 2.37. The zero-order valence-corrected chi connectivity index (χ0v) is 12.8. The van der Waals surface area contributed by atoms with Crippen LogP contribution in [0.2, 0.25) is 0 Å². The monoisotopic (exact) mass is 283 g/mol. The number of hydrogen-bond donors (Lipinski definition) is 1. The van der Waals surface area contributed by atoms with Crippen molar-refractivity contribution in [1.29, 1.82) is 0 Å². The van der Waals surface area contributed by atoms with Crippen molar-refractivity contribution in [2.75, 3.05) is 5.88 Å². The van der Waals surface area contributed by atoms with Crippen molar-refractivity contribution in [2.24, 2.45) is 0 Å². The lowest BCUT2D eigenvalue weighted by molar-refractivity contribution is 0.0900. The maximum absolute atomic E-state index is 12.4. The first kappa shape index (κ1) is 15.9. The van der Waals surface area contributed by atoms with Gasteiger partial charge in [0.25, 0.3) is 5.91 Å². The molecule has 1 N–H and O–H groups in total. The van der Waals surface area contributed by atoms with Crippen LogP contribution in [-0.4, -0.2) is 27.5 Å². The maximum atomic E-state index is 12.4. The highest BCUT2D eigenvalue weighted by molar-refractivity contribution is 6.19. The van der Waals surface area contributed by atoms with E-state index in [9.17, 15) is 4.79 Å².